The van der Waals surface area contributed by atoms with Gasteiger partial charge in [0.05, 0.1) is 11.1 Å². The Hall–Kier alpha value is -3.60. The number of esters is 1. The summed E-state index contributed by atoms with van der Waals surface area (Å²) in [4.78, 5) is 37.3. The molecule has 0 atom stereocenters. The summed E-state index contributed by atoms with van der Waals surface area (Å²) in [6, 6.07) is 18.7. The molecule has 0 fully saturated rings. The fourth-order valence-corrected chi connectivity index (χ4v) is 2.69. The molecule has 0 aliphatic rings. The van der Waals surface area contributed by atoms with Crippen molar-refractivity contribution in [1.29, 1.82) is 0 Å². The van der Waals surface area contributed by atoms with Crippen LogP contribution < -0.4 is 0 Å². The van der Waals surface area contributed by atoms with Gasteiger partial charge in [-0.2, -0.15) is 0 Å². The summed E-state index contributed by atoms with van der Waals surface area (Å²) in [5, 5.41) is 0. The minimum atomic E-state index is -0.819. The predicted molar refractivity (Wildman–Crippen MR) is 102 cm³/mol. The Morgan fingerprint density at radius 3 is 2.00 bits per heavy atom. The standard InChI is InChI=1S/C23H17FO4/c1-15-10-12-16(13-11-15)22(26)17-6-2-3-7-18(17)23(27)28-14-21(25)19-8-4-5-9-20(19)24/h2-13H,14H2,1H3. The van der Waals surface area contributed by atoms with Crippen LogP contribution in [0, 0.1) is 12.7 Å². The molecule has 0 spiro atoms. The van der Waals surface area contributed by atoms with Gasteiger partial charge < -0.3 is 4.74 Å². The number of ether oxygens (including phenoxy) is 1. The zero-order chi connectivity index (χ0) is 20.1. The molecule has 0 heterocycles. The van der Waals surface area contributed by atoms with E-state index in [0.29, 0.717) is 5.56 Å². The highest BCUT2D eigenvalue weighted by Crippen LogP contribution is 2.17. The SMILES string of the molecule is Cc1ccc(C(=O)c2ccccc2C(=O)OCC(=O)c2ccccc2F)cc1. The van der Waals surface area contributed by atoms with Crippen LogP contribution in [-0.4, -0.2) is 24.1 Å². The minimum absolute atomic E-state index is 0.0504. The van der Waals surface area contributed by atoms with Crippen LogP contribution in [0.5, 0.6) is 0 Å². The number of benzene rings is 3. The van der Waals surface area contributed by atoms with E-state index in [1.165, 1.54) is 30.3 Å². The average molecular weight is 376 g/mol. The molecule has 4 nitrogen and oxygen atoms in total. The normalized spacial score (nSPS) is 10.4. The van der Waals surface area contributed by atoms with Crippen LogP contribution in [0.25, 0.3) is 0 Å². The lowest BCUT2D eigenvalue weighted by atomic mass is 9.98. The Balaban J connectivity index is 1.77. The van der Waals surface area contributed by atoms with Gasteiger partial charge in [-0.1, -0.05) is 60.2 Å². The summed E-state index contributed by atoms with van der Waals surface area (Å²) in [6.07, 6.45) is 0. The first-order valence-corrected chi connectivity index (χ1v) is 8.62. The maximum atomic E-state index is 13.7. The second-order valence-electron chi connectivity index (χ2n) is 6.22. The molecule has 3 rings (SSSR count). The van der Waals surface area contributed by atoms with Gasteiger partial charge in [-0.05, 0) is 25.1 Å². The lowest BCUT2D eigenvalue weighted by molar-refractivity contribution is 0.0471. The largest absolute Gasteiger partial charge is 0.454 e. The smallest absolute Gasteiger partial charge is 0.339 e. The molecule has 0 N–H and O–H groups in total. The van der Waals surface area contributed by atoms with Crippen LogP contribution in [0.15, 0.2) is 72.8 Å². The Kier molecular flexibility index (Phi) is 5.75. The maximum absolute atomic E-state index is 13.7. The second kappa shape index (κ2) is 8.39. The number of carbonyl (C=O) groups excluding carboxylic acids is 3. The van der Waals surface area contributed by atoms with Crippen molar-refractivity contribution in [2.45, 2.75) is 6.92 Å². The summed E-state index contributed by atoms with van der Waals surface area (Å²) in [5.74, 6) is -2.49. The fourth-order valence-electron chi connectivity index (χ4n) is 2.69. The van der Waals surface area contributed by atoms with Gasteiger partial charge in [-0.15, -0.1) is 0 Å². The first kappa shape index (κ1) is 19.2. The molecule has 5 heteroatoms. The Morgan fingerprint density at radius 2 is 1.36 bits per heavy atom. The highest BCUT2D eigenvalue weighted by atomic mass is 19.1. The van der Waals surface area contributed by atoms with E-state index >= 15 is 0 Å². The predicted octanol–water partition coefficient (Wildman–Crippen LogP) is 4.40. The van der Waals surface area contributed by atoms with E-state index in [4.69, 9.17) is 4.74 Å². The summed E-state index contributed by atoms with van der Waals surface area (Å²) in [7, 11) is 0. The first-order valence-electron chi connectivity index (χ1n) is 8.62. The molecule has 0 aliphatic heterocycles. The molecule has 0 amide bonds. The van der Waals surface area contributed by atoms with Crippen molar-refractivity contribution in [3.63, 3.8) is 0 Å². The van der Waals surface area contributed by atoms with Gasteiger partial charge in [0.1, 0.15) is 5.82 Å². The number of halogens is 1. The third-order valence-electron chi connectivity index (χ3n) is 4.21. The van der Waals surface area contributed by atoms with Crippen LogP contribution in [-0.2, 0) is 4.74 Å². The number of ketones is 2. The fraction of sp³-hybridized carbons (Fsp3) is 0.0870. The van der Waals surface area contributed by atoms with Crippen molar-refractivity contribution in [3.8, 4) is 0 Å². The topological polar surface area (TPSA) is 60.4 Å². The van der Waals surface area contributed by atoms with Crippen LogP contribution in [0.4, 0.5) is 4.39 Å². The lowest BCUT2D eigenvalue weighted by Crippen LogP contribution is -2.18. The molecular weight excluding hydrogens is 359 g/mol. The summed E-state index contributed by atoms with van der Waals surface area (Å²) >= 11 is 0. The molecule has 0 saturated carbocycles. The number of rotatable bonds is 6. The zero-order valence-corrected chi connectivity index (χ0v) is 15.1. The third kappa shape index (κ3) is 4.20. The lowest BCUT2D eigenvalue weighted by Gasteiger charge is -2.09. The highest BCUT2D eigenvalue weighted by Gasteiger charge is 2.20. The van der Waals surface area contributed by atoms with E-state index < -0.39 is 24.2 Å². The van der Waals surface area contributed by atoms with Gasteiger partial charge in [-0.25, -0.2) is 9.18 Å². The van der Waals surface area contributed by atoms with Crippen molar-refractivity contribution < 1.29 is 23.5 Å². The third-order valence-corrected chi connectivity index (χ3v) is 4.21. The number of hydrogen-bond donors (Lipinski definition) is 0. The highest BCUT2D eigenvalue weighted by molar-refractivity contribution is 6.14. The van der Waals surface area contributed by atoms with Crippen molar-refractivity contribution in [1.82, 2.24) is 0 Å². The molecule has 0 aromatic heterocycles. The number of hydrogen-bond acceptors (Lipinski definition) is 4. The summed E-state index contributed by atoms with van der Waals surface area (Å²) in [5.41, 5.74) is 1.52. The number of carbonyl (C=O) groups is 3. The van der Waals surface area contributed by atoms with Gasteiger partial charge in [0, 0.05) is 11.1 Å². The molecular formula is C23H17FO4. The number of Topliss-reactive ketones (excluding diaryl/α,β-unsaturated/α-hetero) is 1. The van der Waals surface area contributed by atoms with Crippen LogP contribution >= 0.6 is 0 Å². The van der Waals surface area contributed by atoms with E-state index in [2.05, 4.69) is 0 Å². The van der Waals surface area contributed by atoms with Gasteiger partial charge in [-0.3, -0.25) is 9.59 Å². The average Bonchev–Trinajstić information content (AvgIpc) is 2.72. The van der Waals surface area contributed by atoms with E-state index in [9.17, 15) is 18.8 Å². The van der Waals surface area contributed by atoms with E-state index in [1.54, 1.807) is 36.4 Å². The van der Waals surface area contributed by atoms with Crippen molar-refractivity contribution in [3.05, 3.63) is 106 Å². The number of aryl methyl sites for hydroxylation is 1. The van der Waals surface area contributed by atoms with Crippen LogP contribution in [0.3, 0.4) is 0 Å². The molecule has 0 unspecified atom stereocenters. The summed E-state index contributed by atoms with van der Waals surface area (Å²) in [6.45, 7) is 1.29. The molecule has 3 aromatic rings. The maximum Gasteiger partial charge on any atom is 0.339 e. The monoisotopic (exact) mass is 376 g/mol. The van der Waals surface area contributed by atoms with Crippen molar-refractivity contribution >= 4 is 17.5 Å². The second-order valence-corrected chi connectivity index (χ2v) is 6.22. The van der Waals surface area contributed by atoms with Crippen LogP contribution in [0.2, 0.25) is 0 Å². The van der Waals surface area contributed by atoms with Crippen molar-refractivity contribution in [2.75, 3.05) is 6.61 Å². The van der Waals surface area contributed by atoms with Gasteiger partial charge in [0.2, 0.25) is 5.78 Å². The Bertz CT molecular complexity index is 1040. The molecule has 3 aromatic carbocycles. The molecule has 0 radical (unpaired) electrons. The Morgan fingerprint density at radius 1 is 0.786 bits per heavy atom. The Labute approximate surface area is 161 Å². The van der Waals surface area contributed by atoms with Crippen molar-refractivity contribution in [2.24, 2.45) is 0 Å². The van der Waals surface area contributed by atoms with Crippen LogP contribution in [0.1, 0.15) is 42.2 Å². The summed E-state index contributed by atoms with van der Waals surface area (Å²) < 4.78 is 18.7. The van der Waals surface area contributed by atoms with E-state index in [-0.39, 0.29) is 22.5 Å². The van der Waals surface area contributed by atoms with Gasteiger partial charge in [0.25, 0.3) is 0 Å². The molecule has 0 saturated heterocycles. The molecule has 140 valence electrons. The molecule has 0 bridgehead atoms. The molecule has 28 heavy (non-hydrogen) atoms. The van der Waals surface area contributed by atoms with E-state index in [1.807, 2.05) is 6.92 Å². The zero-order valence-electron chi connectivity index (χ0n) is 15.1. The first-order chi connectivity index (χ1) is 13.5. The quantitative estimate of drug-likeness (QED) is 0.472. The molecule has 0 aliphatic carbocycles. The van der Waals surface area contributed by atoms with E-state index in [0.717, 1.165) is 11.6 Å². The van der Waals surface area contributed by atoms with Gasteiger partial charge >= 0.3 is 5.97 Å². The van der Waals surface area contributed by atoms with Gasteiger partial charge in [0.15, 0.2) is 12.4 Å². The minimum Gasteiger partial charge on any atom is -0.454 e.